The fourth-order valence-corrected chi connectivity index (χ4v) is 3.69. The first-order valence-electron chi connectivity index (χ1n) is 10.5. The maximum atomic E-state index is 14.4. The fourth-order valence-electron chi connectivity index (χ4n) is 3.69. The normalized spacial score (nSPS) is 13.8. The summed E-state index contributed by atoms with van der Waals surface area (Å²) in [6, 6.07) is 11.6. The molecule has 0 radical (unpaired) electrons. The van der Waals surface area contributed by atoms with Crippen molar-refractivity contribution in [3.05, 3.63) is 77.6 Å². The predicted molar refractivity (Wildman–Crippen MR) is 119 cm³/mol. The Kier molecular flexibility index (Phi) is 6.20. The molecule has 0 aliphatic carbocycles. The average Bonchev–Trinajstić information content (AvgIpc) is 3.22. The van der Waals surface area contributed by atoms with E-state index in [1.807, 2.05) is 22.7 Å². The van der Waals surface area contributed by atoms with E-state index in [2.05, 4.69) is 4.98 Å². The van der Waals surface area contributed by atoms with Crippen LogP contribution in [0.3, 0.4) is 0 Å². The Hall–Kier alpha value is -3.68. The van der Waals surface area contributed by atoms with Crippen molar-refractivity contribution in [2.24, 2.45) is 7.05 Å². The maximum absolute atomic E-state index is 14.4. The minimum absolute atomic E-state index is 0.0623. The molecule has 1 aromatic heterocycles. The van der Waals surface area contributed by atoms with E-state index in [4.69, 9.17) is 4.74 Å². The largest absolute Gasteiger partial charge is 0.486 e. The van der Waals surface area contributed by atoms with Crippen LogP contribution >= 0.6 is 0 Å². The third-order valence-electron chi connectivity index (χ3n) is 5.65. The number of imidazole rings is 1. The summed E-state index contributed by atoms with van der Waals surface area (Å²) < 4.78 is 22.1. The Labute approximate surface area is 186 Å². The van der Waals surface area contributed by atoms with Crippen molar-refractivity contribution in [3.8, 4) is 5.75 Å². The summed E-state index contributed by atoms with van der Waals surface area (Å²) in [6.07, 6.45) is 3.57. The van der Waals surface area contributed by atoms with Crippen LogP contribution in [0.2, 0.25) is 0 Å². The molecule has 1 amide bonds. The Bertz CT molecular complexity index is 1120. The van der Waals surface area contributed by atoms with Gasteiger partial charge in [0.05, 0.1) is 5.69 Å². The third kappa shape index (κ3) is 4.64. The molecule has 1 aliphatic rings. The molecule has 8 heteroatoms. The molecule has 0 saturated carbocycles. The summed E-state index contributed by atoms with van der Waals surface area (Å²) >= 11 is 0. The lowest BCUT2D eigenvalue weighted by Crippen LogP contribution is -2.49. The molecule has 32 heavy (non-hydrogen) atoms. The van der Waals surface area contributed by atoms with Crippen LogP contribution in [0.1, 0.15) is 33.5 Å². The molecule has 4 rings (SSSR count). The van der Waals surface area contributed by atoms with E-state index in [-0.39, 0.29) is 11.7 Å². The Morgan fingerprint density at radius 1 is 1.03 bits per heavy atom. The van der Waals surface area contributed by atoms with Gasteiger partial charge in [0.1, 0.15) is 24.0 Å². The highest BCUT2D eigenvalue weighted by atomic mass is 19.1. The topological polar surface area (TPSA) is 67.7 Å². The Morgan fingerprint density at radius 3 is 2.31 bits per heavy atom. The van der Waals surface area contributed by atoms with Gasteiger partial charge in [-0.15, -0.1) is 0 Å². The van der Waals surface area contributed by atoms with Gasteiger partial charge in [0, 0.05) is 56.7 Å². The molecule has 3 aromatic rings. The van der Waals surface area contributed by atoms with E-state index in [1.54, 1.807) is 47.5 Å². The highest BCUT2D eigenvalue weighted by molar-refractivity contribution is 5.95. The number of nitrogens with zero attached hydrogens (tertiary/aromatic N) is 4. The number of hydrogen-bond acceptors (Lipinski definition) is 5. The van der Waals surface area contributed by atoms with Gasteiger partial charge in [-0.3, -0.25) is 9.59 Å². The first-order chi connectivity index (χ1) is 15.4. The molecular weight excluding hydrogens is 411 g/mol. The molecule has 0 spiro atoms. The van der Waals surface area contributed by atoms with Gasteiger partial charge < -0.3 is 19.1 Å². The van der Waals surface area contributed by atoms with Gasteiger partial charge in [0.2, 0.25) is 0 Å². The molecule has 1 aliphatic heterocycles. The molecular formula is C24H25FN4O3. The molecule has 1 fully saturated rings. The number of piperazine rings is 1. The van der Waals surface area contributed by atoms with Crippen molar-refractivity contribution in [2.75, 3.05) is 31.1 Å². The number of anilines is 1. The number of halogens is 1. The van der Waals surface area contributed by atoms with E-state index in [0.29, 0.717) is 55.3 Å². The quantitative estimate of drug-likeness (QED) is 0.555. The second kappa shape index (κ2) is 9.21. The SMILES string of the molecule is CC(=O)c1ccc(N2CCN(C(=O)c3ccc(OCc4nccn4C)cc3)CC2)c(F)c1. The lowest BCUT2D eigenvalue weighted by Gasteiger charge is -2.36. The highest BCUT2D eigenvalue weighted by Crippen LogP contribution is 2.23. The van der Waals surface area contributed by atoms with Crippen molar-refractivity contribution >= 4 is 17.4 Å². The zero-order chi connectivity index (χ0) is 22.7. The third-order valence-corrected chi connectivity index (χ3v) is 5.65. The second-order valence-electron chi connectivity index (χ2n) is 7.77. The van der Waals surface area contributed by atoms with Gasteiger partial charge in [0.15, 0.2) is 5.78 Å². The van der Waals surface area contributed by atoms with Crippen molar-refractivity contribution in [2.45, 2.75) is 13.5 Å². The van der Waals surface area contributed by atoms with Crippen LogP contribution in [0, 0.1) is 5.82 Å². The molecule has 2 heterocycles. The number of hydrogen-bond donors (Lipinski definition) is 0. The minimum Gasteiger partial charge on any atom is -0.486 e. The first kappa shape index (κ1) is 21.5. The molecule has 7 nitrogen and oxygen atoms in total. The number of carbonyl (C=O) groups is 2. The molecule has 0 unspecified atom stereocenters. The number of rotatable bonds is 6. The van der Waals surface area contributed by atoms with Crippen molar-refractivity contribution < 1.29 is 18.7 Å². The summed E-state index contributed by atoms with van der Waals surface area (Å²) in [5.74, 6) is 0.833. The predicted octanol–water partition coefficient (Wildman–Crippen LogP) is 3.30. The van der Waals surface area contributed by atoms with Crippen LogP contribution in [-0.2, 0) is 13.7 Å². The number of ketones is 1. The molecule has 0 atom stereocenters. The van der Waals surface area contributed by atoms with E-state index in [9.17, 15) is 14.0 Å². The van der Waals surface area contributed by atoms with Gasteiger partial charge in [-0.2, -0.15) is 0 Å². The smallest absolute Gasteiger partial charge is 0.253 e. The number of Topliss-reactive ketones (excluding diaryl/α,β-unsaturated/α-hetero) is 1. The lowest BCUT2D eigenvalue weighted by atomic mass is 10.1. The molecule has 0 bridgehead atoms. The van der Waals surface area contributed by atoms with Gasteiger partial charge in [-0.05, 0) is 49.4 Å². The van der Waals surface area contributed by atoms with Crippen molar-refractivity contribution in [1.82, 2.24) is 14.5 Å². The fraction of sp³-hybridized carbons (Fsp3) is 0.292. The number of amides is 1. The molecule has 0 N–H and O–H groups in total. The highest BCUT2D eigenvalue weighted by Gasteiger charge is 2.24. The number of ether oxygens (including phenoxy) is 1. The van der Waals surface area contributed by atoms with Crippen LogP contribution in [0.15, 0.2) is 54.9 Å². The molecule has 166 valence electrons. The zero-order valence-electron chi connectivity index (χ0n) is 18.1. The minimum atomic E-state index is -0.418. The summed E-state index contributed by atoms with van der Waals surface area (Å²) in [5.41, 5.74) is 1.39. The second-order valence-corrected chi connectivity index (χ2v) is 7.77. The lowest BCUT2D eigenvalue weighted by molar-refractivity contribution is 0.0746. The summed E-state index contributed by atoms with van der Waals surface area (Å²) in [7, 11) is 1.91. The van der Waals surface area contributed by atoms with E-state index >= 15 is 0 Å². The number of aryl methyl sites for hydroxylation is 1. The van der Waals surface area contributed by atoms with Crippen LogP contribution < -0.4 is 9.64 Å². The molecule has 2 aromatic carbocycles. The van der Waals surface area contributed by atoms with E-state index in [0.717, 1.165) is 5.82 Å². The number of aromatic nitrogens is 2. The van der Waals surface area contributed by atoms with Crippen molar-refractivity contribution in [1.29, 1.82) is 0 Å². The number of carbonyl (C=O) groups excluding carboxylic acids is 2. The van der Waals surface area contributed by atoms with Crippen LogP contribution in [0.4, 0.5) is 10.1 Å². The molecule has 1 saturated heterocycles. The van der Waals surface area contributed by atoms with E-state index in [1.165, 1.54) is 13.0 Å². The van der Waals surface area contributed by atoms with Crippen molar-refractivity contribution in [3.63, 3.8) is 0 Å². The van der Waals surface area contributed by atoms with E-state index < -0.39 is 5.82 Å². The van der Waals surface area contributed by atoms with Gasteiger partial charge in [-0.25, -0.2) is 9.37 Å². The summed E-state index contributed by atoms with van der Waals surface area (Å²) in [6.45, 7) is 3.79. The summed E-state index contributed by atoms with van der Waals surface area (Å²) in [5, 5.41) is 0. The van der Waals surface area contributed by atoms with Gasteiger partial charge >= 0.3 is 0 Å². The average molecular weight is 436 g/mol. The Morgan fingerprint density at radius 2 is 1.72 bits per heavy atom. The standard InChI is InChI=1S/C24H25FN4O3/c1-17(30)19-5-8-22(21(25)15-19)28-11-13-29(14-12-28)24(31)18-3-6-20(7-4-18)32-16-23-26-9-10-27(23)2/h3-10,15H,11-14,16H2,1-2H3. The first-order valence-corrected chi connectivity index (χ1v) is 10.5. The van der Waals surface area contributed by atoms with Gasteiger partial charge in [-0.1, -0.05) is 0 Å². The Balaban J connectivity index is 1.33. The van der Waals surface area contributed by atoms with Gasteiger partial charge in [0.25, 0.3) is 5.91 Å². The van der Waals surface area contributed by atoms with Crippen LogP contribution in [0.25, 0.3) is 0 Å². The van der Waals surface area contributed by atoms with Crippen LogP contribution in [-0.4, -0.2) is 52.3 Å². The monoisotopic (exact) mass is 436 g/mol. The number of benzene rings is 2. The van der Waals surface area contributed by atoms with Crippen LogP contribution in [0.5, 0.6) is 5.75 Å². The zero-order valence-corrected chi connectivity index (χ0v) is 18.1. The summed E-state index contributed by atoms with van der Waals surface area (Å²) in [4.78, 5) is 32.2. The maximum Gasteiger partial charge on any atom is 0.253 e.